The van der Waals surface area contributed by atoms with Crippen molar-refractivity contribution in [1.82, 2.24) is 5.43 Å². The molecule has 6 nitrogen and oxygen atoms in total. The lowest BCUT2D eigenvalue weighted by Crippen LogP contribution is -2.26. The van der Waals surface area contributed by atoms with Crippen LogP contribution in [0.4, 0.5) is 4.39 Å². The number of methoxy groups -OCH3 is 1. The number of ether oxygens (including phenoxy) is 2. The second kappa shape index (κ2) is 8.68. The summed E-state index contributed by atoms with van der Waals surface area (Å²) in [7, 11) is 1.56. The van der Waals surface area contributed by atoms with Gasteiger partial charge >= 0.3 is 0 Å². The van der Waals surface area contributed by atoms with Crippen molar-refractivity contribution in [2.75, 3.05) is 13.7 Å². The number of carbonyl (C=O) groups is 1. The Bertz CT molecular complexity index is 760. The molecule has 0 fully saturated rings. The van der Waals surface area contributed by atoms with Gasteiger partial charge in [-0.25, -0.2) is 9.82 Å². The molecule has 0 saturated carbocycles. The number of rotatable bonds is 7. The molecule has 1 amide bonds. The summed E-state index contributed by atoms with van der Waals surface area (Å²) in [4.78, 5) is 11.8. The number of halogens is 1. The third kappa shape index (κ3) is 5.20. The van der Waals surface area contributed by atoms with E-state index in [1.54, 1.807) is 38.3 Å². The van der Waals surface area contributed by atoms with Crippen molar-refractivity contribution in [3.63, 3.8) is 0 Å². The van der Waals surface area contributed by atoms with Gasteiger partial charge in [-0.15, -0.1) is 0 Å². The number of nitrogens with zero attached hydrogens (tertiary/aromatic N) is 1. The van der Waals surface area contributed by atoms with Crippen LogP contribution in [0.3, 0.4) is 0 Å². The minimum atomic E-state index is -0.497. The number of carbonyl (C=O) groups excluding carboxylic acids is 1. The Balaban J connectivity index is 1.96. The van der Waals surface area contributed by atoms with Gasteiger partial charge in [0, 0.05) is 5.56 Å². The van der Waals surface area contributed by atoms with E-state index in [4.69, 9.17) is 9.47 Å². The van der Waals surface area contributed by atoms with Crippen molar-refractivity contribution < 1.29 is 23.8 Å². The largest absolute Gasteiger partial charge is 0.507 e. The highest BCUT2D eigenvalue weighted by Gasteiger charge is 2.10. The van der Waals surface area contributed by atoms with E-state index >= 15 is 0 Å². The zero-order chi connectivity index (χ0) is 18.2. The van der Waals surface area contributed by atoms with E-state index in [1.165, 1.54) is 6.07 Å². The van der Waals surface area contributed by atoms with Crippen molar-refractivity contribution in [3.05, 3.63) is 53.8 Å². The van der Waals surface area contributed by atoms with Gasteiger partial charge in [-0.05, 0) is 48.9 Å². The van der Waals surface area contributed by atoms with Crippen molar-refractivity contribution >= 4 is 11.6 Å². The van der Waals surface area contributed by atoms with E-state index in [1.807, 2.05) is 0 Å². The maximum absolute atomic E-state index is 13.3. The van der Waals surface area contributed by atoms with Gasteiger partial charge in [0.2, 0.25) is 0 Å². The molecule has 0 heterocycles. The third-order valence-corrected chi connectivity index (χ3v) is 3.35. The number of hydrogen-bond donors (Lipinski definition) is 2. The summed E-state index contributed by atoms with van der Waals surface area (Å²) in [6.45, 7) is 1.55. The highest BCUT2D eigenvalue weighted by molar-refractivity contribution is 6.03. The molecule has 25 heavy (non-hydrogen) atoms. The molecule has 7 heteroatoms. The Morgan fingerprint density at radius 3 is 2.52 bits per heavy atom. The quantitative estimate of drug-likeness (QED) is 0.597. The second-order valence-corrected chi connectivity index (χ2v) is 5.07. The van der Waals surface area contributed by atoms with Crippen molar-refractivity contribution in [1.29, 1.82) is 0 Å². The van der Waals surface area contributed by atoms with Crippen LogP contribution < -0.4 is 14.9 Å². The maximum Gasteiger partial charge on any atom is 0.277 e. The predicted octanol–water partition coefficient (Wildman–Crippen LogP) is 2.85. The lowest BCUT2D eigenvalue weighted by molar-refractivity contribution is -0.123. The number of amides is 1. The molecule has 132 valence electrons. The van der Waals surface area contributed by atoms with E-state index in [0.29, 0.717) is 23.6 Å². The normalized spacial score (nSPS) is 11.1. The summed E-state index contributed by atoms with van der Waals surface area (Å²) in [5.41, 5.74) is 2.93. The SMILES string of the molecule is CC/C(=N\NC(=O)COc1ccc(OC)cc1)c1cc(F)ccc1O. The van der Waals surface area contributed by atoms with Gasteiger partial charge in [-0.2, -0.15) is 5.10 Å². The molecule has 0 aliphatic carbocycles. The highest BCUT2D eigenvalue weighted by atomic mass is 19.1. The van der Waals surface area contributed by atoms with Crippen LogP contribution in [-0.4, -0.2) is 30.4 Å². The van der Waals surface area contributed by atoms with Crippen LogP contribution in [0.25, 0.3) is 0 Å². The van der Waals surface area contributed by atoms with Gasteiger partial charge in [0.25, 0.3) is 5.91 Å². The van der Waals surface area contributed by atoms with E-state index in [-0.39, 0.29) is 17.9 Å². The first-order chi connectivity index (χ1) is 12.0. The summed E-state index contributed by atoms with van der Waals surface area (Å²) in [6.07, 6.45) is 0.399. The Hall–Kier alpha value is -3.09. The molecule has 2 aromatic carbocycles. The minimum absolute atomic E-state index is 0.106. The molecule has 0 unspecified atom stereocenters. The van der Waals surface area contributed by atoms with Crippen LogP contribution in [-0.2, 0) is 4.79 Å². The van der Waals surface area contributed by atoms with Crippen LogP contribution in [0.15, 0.2) is 47.6 Å². The van der Waals surface area contributed by atoms with Gasteiger partial charge in [-0.1, -0.05) is 6.92 Å². The summed E-state index contributed by atoms with van der Waals surface area (Å²) in [5.74, 6) is 0.119. The van der Waals surface area contributed by atoms with Gasteiger partial charge < -0.3 is 14.6 Å². The van der Waals surface area contributed by atoms with Crippen LogP contribution in [0, 0.1) is 5.82 Å². The fourth-order valence-electron chi connectivity index (χ4n) is 2.05. The Kier molecular flexibility index (Phi) is 6.33. The fourth-order valence-corrected chi connectivity index (χ4v) is 2.05. The fraction of sp³-hybridized carbons (Fsp3) is 0.222. The molecule has 0 aliphatic rings. The van der Waals surface area contributed by atoms with Crippen LogP contribution in [0.2, 0.25) is 0 Å². The molecular weight excluding hydrogens is 327 g/mol. The monoisotopic (exact) mass is 346 g/mol. The first-order valence-electron chi connectivity index (χ1n) is 7.64. The molecule has 2 N–H and O–H groups in total. The highest BCUT2D eigenvalue weighted by Crippen LogP contribution is 2.20. The second-order valence-electron chi connectivity index (χ2n) is 5.07. The lowest BCUT2D eigenvalue weighted by Gasteiger charge is -2.08. The van der Waals surface area contributed by atoms with Gasteiger partial charge in [-0.3, -0.25) is 4.79 Å². The van der Waals surface area contributed by atoms with E-state index in [9.17, 15) is 14.3 Å². The lowest BCUT2D eigenvalue weighted by atomic mass is 10.1. The molecule has 2 rings (SSSR count). The zero-order valence-corrected chi connectivity index (χ0v) is 14.0. The Morgan fingerprint density at radius 1 is 1.20 bits per heavy atom. The molecule has 0 radical (unpaired) electrons. The Morgan fingerprint density at radius 2 is 1.88 bits per heavy atom. The van der Waals surface area contributed by atoms with Gasteiger partial charge in [0.15, 0.2) is 6.61 Å². The molecule has 2 aromatic rings. The predicted molar refractivity (Wildman–Crippen MR) is 91.5 cm³/mol. The Labute approximate surface area is 144 Å². The molecule has 0 saturated heterocycles. The number of phenolic OH excluding ortho intramolecular Hbond substituents is 1. The maximum atomic E-state index is 13.3. The van der Waals surface area contributed by atoms with E-state index < -0.39 is 11.7 Å². The van der Waals surface area contributed by atoms with Crippen molar-refractivity contribution in [3.8, 4) is 17.2 Å². The smallest absolute Gasteiger partial charge is 0.277 e. The van der Waals surface area contributed by atoms with E-state index in [0.717, 1.165) is 12.1 Å². The summed E-state index contributed by atoms with van der Waals surface area (Å²) in [5, 5.41) is 13.7. The molecule has 0 aliphatic heterocycles. The summed E-state index contributed by atoms with van der Waals surface area (Å²) < 4.78 is 23.7. The standard InChI is InChI=1S/C18H19FN2O4/c1-3-16(15-10-12(19)4-9-17(15)22)20-21-18(23)11-25-14-7-5-13(24-2)6-8-14/h4-10,22H,3,11H2,1-2H3,(H,21,23)/b20-16+. The van der Waals surface area contributed by atoms with Gasteiger partial charge in [0.1, 0.15) is 23.1 Å². The number of hydrazone groups is 1. The zero-order valence-electron chi connectivity index (χ0n) is 14.0. The van der Waals surface area contributed by atoms with Crippen molar-refractivity contribution in [2.45, 2.75) is 13.3 Å². The molecule has 0 bridgehead atoms. The number of nitrogens with one attached hydrogen (secondary N) is 1. The third-order valence-electron chi connectivity index (χ3n) is 3.35. The van der Waals surface area contributed by atoms with Crippen LogP contribution >= 0.6 is 0 Å². The van der Waals surface area contributed by atoms with E-state index in [2.05, 4.69) is 10.5 Å². The number of aromatic hydroxyl groups is 1. The minimum Gasteiger partial charge on any atom is -0.507 e. The topological polar surface area (TPSA) is 80.2 Å². The first kappa shape index (κ1) is 18.3. The number of hydrogen-bond acceptors (Lipinski definition) is 5. The summed E-state index contributed by atoms with van der Waals surface area (Å²) in [6, 6.07) is 10.3. The summed E-state index contributed by atoms with van der Waals surface area (Å²) >= 11 is 0. The first-order valence-corrected chi connectivity index (χ1v) is 7.64. The average Bonchev–Trinajstić information content (AvgIpc) is 2.63. The van der Waals surface area contributed by atoms with Crippen LogP contribution in [0.1, 0.15) is 18.9 Å². The average molecular weight is 346 g/mol. The van der Waals surface area contributed by atoms with Crippen LogP contribution in [0.5, 0.6) is 17.2 Å². The molecular formula is C18H19FN2O4. The van der Waals surface area contributed by atoms with Crippen molar-refractivity contribution in [2.24, 2.45) is 5.10 Å². The van der Waals surface area contributed by atoms with Gasteiger partial charge in [0.05, 0.1) is 12.8 Å². The molecule has 0 spiro atoms. The number of benzene rings is 2. The number of phenols is 1. The molecule has 0 aromatic heterocycles. The molecule has 0 atom stereocenters.